The number of amides is 1. The first-order valence-electron chi connectivity index (χ1n) is 6.57. The fraction of sp³-hybridized carbons (Fsp3) is 0.769. The number of carbonyl (C=O) groups is 1. The lowest BCUT2D eigenvalue weighted by molar-refractivity contribution is -0.128. The van der Waals surface area contributed by atoms with E-state index < -0.39 is 0 Å². The Morgan fingerprint density at radius 2 is 2.12 bits per heavy atom. The van der Waals surface area contributed by atoms with Crippen LogP contribution in [0.1, 0.15) is 25.7 Å². The molecule has 3 heterocycles. The fourth-order valence-electron chi connectivity index (χ4n) is 3.26. The quantitative estimate of drug-likeness (QED) is 0.716. The number of ether oxygens (including phenoxy) is 1. The van der Waals surface area contributed by atoms with Crippen LogP contribution in [0.15, 0.2) is 11.8 Å². The monoisotopic (exact) mass is 236 g/mol. The van der Waals surface area contributed by atoms with E-state index in [-0.39, 0.29) is 12.0 Å². The van der Waals surface area contributed by atoms with Crippen molar-refractivity contribution in [2.45, 2.75) is 37.8 Å². The number of carbonyl (C=O) groups excluding carboxylic acids is 1. The van der Waals surface area contributed by atoms with Crippen molar-refractivity contribution in [1.29, 1.82) is 0 Å². The summed E-state index contributed by atoms with van der Waals surface area (Å²) < 4.78 is 5.38. The fourth-order valence-corrected chi connectivity index (χ4v) is 3.26. The predicted octanol–water partition coefficient (Wildman–Crippen LogP) is 0.986. The molecule has 2 fully saturated rings. The molecular formula is C13H20N2O2. The Morgan fingerprint density at radius 3 is 2.82 bits per heavy atom. The van der Waals surface area contributed by atoms with Gasteiger partial charge in [0.05, 0.1) is 6.10 Å². The normalized spacial score (nSPS) is 33.0. The van der Waals surface area contributed by atoms with Gasteiger partial charge >= 0.3 is 0 Å². The molecule has 2 atom stereocenters. The molecule has 17 heavy (non-hydrogen) atoms. The van der Waals surface area contributed by atoms with Gasteiger partial charge in [-0.2, -0.15) is 0 Å². The van der Waals surface area contributed by atoms with E-state index in [0.29, 0.717) is 6.04 Å². The van der Waals surface area contributed by atoms with Gasteiger partial charge in [0.15, 0.2) is 0 Å². The largest absolute Gasteiger partial charge is 0.380 e. The summed E-state index contributed by atoms with van der Waals surface area (Å²) in [4.78, 5) is 16.4. The number of likely N-dealkylation sites (tertiary alicyclic amines) is 1. The first-order chi connectivity index (χ1) is 8.28. The van der Waals surface area contributed by atoms with E-state index >= 15 is 0 Å². The zero-order chi connectivity index (χ0) is 11.8. The molecule has 0 unspecified atom stereocenters. The molecule has 0 radical (unpaired) electrons. The van der Waals surface area contributed by atoms with E-state index in [4.69, 9.17) is 4.74 Å². The van der Waals surface area contributed by atoms with Crippen LogP contribution < -0.4 is 0 Å². The summed E-state index contributed by atoms with van der Waals surface area (Å²) in [6, 6.07) is 0.369. The third kappa shape index (κ3) is 1.95. The summed E-state index contributed by atoms with van der Waals surface area (Å²) in [5, 5.41) is 0. The summed E-state index contributed by atoms with van der Waals surface area (Å²) in [7, 11) is 1.74. The molecule has 3 rings (SSSR count). The molecule has 0 N–H and O–H groups in total. The van der Waals surface area contributed by atoms with Crippen LogP contribution in [0, 0.1) is 0 Å². The lowest BCUT2D eigenvalue weighted by Gasteiger charge is -2.33. The van der Waals surface area contributed by atoms with Gasteiger partial charge in [-0.15, -0.1) is 0 Å². The van der Waals surface area contributed by atoms with Gasteiger partial charge in [-0.3, -0.25) is 4.79 Å². The maximum absolute atomic E-state index is 12.1. The summed E-state index contributed by atoms with van der Waals surface area (Å²) in [6.45, 7) is 3.02. The third-order valence-corrected chi connectivity index (χ3v) is 4.24. The molecule has 0 bridgehead atoms. The van der Waals surface area contributed by atoms with Crippen molar-refractivity contribution in [2.24, 2.45) is 0 Å². The van der Waals surface area contributed by atoms with Crippen LogP contribution in [-0.4, -0.2) is 54.6 Å². The maximum atomic E-state index is 12.1. The number of rotatable bonds is 2. The Balaban J connectivity index is 1.74. The van der Waals surface area contributed by atoms with Gasteiger partial charge in [0, 0.05) is 51.0 Å². The van der Waals surface area contributed by atoms with Gasteiger partial charge in [-0.1, -0.05) is 0 Å². The highest BCUT2D eigenvalue weighted by atomic mass is 16.5. The van der Waals surface area contributed by atoms with Gasteiger partial charge in [0.1, 0.15) is 0 Å². The highest BCUT2D eigenvalue weighted by Gasteiger charge is 2.38. The van der Waals surface area contributed by atoms with Crippen molar-refractivity contribution in [2.75, 3.05) is 26.7 Å². The molecule has 0 aromatic heterocycles. The lowest BCUT2D eigenvalue weighted by Crippen LogP contribution is -2.40. The van der Waals surface area contributed by atoms with Crippen LogP contribution in [0.2, 0.25) is 0 Å². The summed E-state index contributed by atoms with van der Waals surface area (Å²) in [5.74, 6) is 0.183. The lowest BCUT2D eigenvalue weighted by atomic mass is 10.0. The maximum Gasteiger partial charge on any atom is 0.248 e. The van der Waals surface area contributed by atoms with Gasteiger partial charge in [-0.25, -0.2) is 0 Å². The highest BCUT2D eigenvalue weighted by molar-refractivity contribution is 5.89. The summed E-state index contributed by atoms with van der Waals surface area (Å²) in [5.41, 5.74) is 1.26. The molecule has 4 heteroatoms. The molecule has 4 nitrogen and oxygen atoms in total. The van der Waals surface area contributed by atoms with Crippen molar-refractivity contribution in [3.05, 3.63) is 11.8 Å². The van der Waals surface area contributed by atoms with Gasteiger partial charge in [0.2, 0.25) is 5.91 Å². The number of fused-ring (bicyclic) bond motifs is 1. The first-order valence-corrected chi connectivity index (χ1v) is 6.57. The molecule has 0 aromatic rings. The van der Waals surface area contributed by atoms with Gasteiger partial charge in [0.25, 0.3) is 0 Å². The van der Waals surface area contributed by atoms with E-state index in [1.165, 1.54) is 18.5 Å². The van der Waals surface area contributed by atoms with Crippen molar-refractivity contribution >= 4 is 5.91 Å². The second-order valence-corrected chi connectivity index (χ2v) is 5.27. The second kappa shape index (κ2) is 4.33. The van der Waals surface area contributed by atoms with Crippen molar-refractivity contribution in [1.82, 2.24) is 9.80 Å². The van der Waals surface area contributed by atoms with E-state index in [2.05, 4.69) is 4.90 Å². The molecule has 0 saturated carbocycles. The Kier molecular flexibility index (Phi) is 2.82. The van der Waals surface area contributed by atoms with E-state index in [1.807, 2.05) is 11.0 Å². The Labute approximate surface area is 102 Å². The van der Waals surface area contributed by atoms with Crippen LogP contribution in [-0.2, 0) is 9.53 Å². The highest BCUT2D eigenvalue weighted by Crippen LogP contribution is 2.31. The van der Waals surface area contributed by atoms with Crippen LogP contribution in [0.25, 0.3) is 0 Å². The van der Waals surface area contributed by atoms with E-state index in [1.54, 1.807) is 7.11 Å². The molecule has 0 aliphatic carbocycles. The van der Waals surface area contributed by atoms with Crippen LogP contribution in [0.5, 0.6) is 0 Å². The van der Waals surface area contributed by atoms with Crippen molar-refractivity contribution in [3.8, 4) is 0 Å². The number of methoxy groups -OCH3 is 1. The summed E-state index contributed by atoms with van der Waals surface area (Å²) >= 11 is 0. The van der Waals surface area contributed by atoms with Gasteiger partial charge in [-0.05, 0) is 19.3 Å². The zero-order valence-electron chi connectivity index (χ0n) is 10.4. The van der Waals surface area contributed by atoms with Crippen molar-refractivity contribution in [3.63, 3.8) is 0 Å². The number of hydrogen-bond donors (Lipinski definition) is 0. The second-order valence-electron chi connectivity index (χ2n) is 5.27. The van der Waals surface area contributed by atoms with Crippen LogP contribution in [0.3, 0.4) is 0 Å². The number of nitrogens with zero attached hydrogens (tertiary/aromatic N) is 2. The minimum Gasteiger partial charge on any atom is -0.380 e. The average molecular weight is 236 g/mol. The molecule has 1 amide bonds. The van der Waals surface area contributed by atoms with Crippen LogP contribution in [0.4, 0.5) is 0 Å². The number of hydrogen-bond acceptors (Lipinski definition) is 3. The van der Waals surface area contributed by atoms with E-state index in [0.717, 1.165) is 32.5 Å². The minimum atomic E-state index is 0.183. The molecule has 3 aliphatic rings. The molecule has 0 spiro atoms. The Morgan fingerprint density at radius 1 is 1.35 bits per heavy atom. The smallest absolute Gasteiger partial charge is 0.248 e. The van der Waals surface area contributed by atoms with Crippen molar-refractivity contribution < 1.29 is 9.53 Å². The van der Waals surface area contributed by atoms with Crippen LogP contribution >= 0.6 is 0 Å². The molecule has 3 aliphatic heterocycles. The summed E-state index contributed by atoms with van der Waals surface area (Å²) in [6.07, 6.45) is 6.62. The molecule has 94 valence electrons. The van der Waals surface area contributed by atoms with Gasteiger partial charge < -0.3 is 14.5 Å². The third-order valence-electron chi connectivity index (χ3n) is 4.24. The molecule has 0 aromatic carbocycles. The minimum absolute atomic E-state index is 0.183. The standard InChI is InChI=1S/C13H20N2O2/c1-17-12-7-11-6-10(14-4-2-3-5-14)8-13(16)15(11)9-12/h8,11-12H,2-7,9H2,1H3/t11-,12-/m0/s1. The topological polar surface area (TPSA) is 32.8 Å². The zero-order valence-corrected chi connectivity index (χ0v) is 10.4. The Bertz CT molecular complexity index is 347. The average Bonchev–Trinajstić information content (AvgIpc) is 2.97. The van der Waals surface area contributed by atoms with E-state index in [9.17, 15) is 4.79 Å². The molecule has 2 saturated heterocycles. The SMILES string of the molecule is CO[C@H]1C[C@@H]2CC(N3CCCC3)=CC(=O)N2C1. The predicted molar refractivity (Wildman–Crippen MR) is 64.4 cm³/mol. The Hall–Kier alpha value is -1.03. The first kappa shape index (κ1) is 11.1. The molecular weight excluding hydrogens is 216 g/mol.